The van der Waals surface area contributed by atoms with Crippen LogP contribution in [0.15, 0.2) is 0 Å². The molecule has 0 aromatic carbocycles. The fraction of sp³-hybridized carbons (Fsp3) is 0.909. The van der Waals surface area contributed by atoms with Crippen LogP contribution in [0.25, 0.3) is 0 Å². The zero-order valence-corrected chi connectivity index (χ0v) is 11.4. The molecule has 1 fully saturated rings. The molecule has 0 heterocycles. The van der Waals surface area contributed by atoms with E-state index in [4.69, 9.17) is 10.5 Å². The van der Waals surface area contributed by atoms with Crippen molar-refractivity contribution in [3.8, 4) is 0 Å². The maximum absolute atomic E-state index is 11.5. The number of nitrogens with two attached hydrogens (primary N) is 1. The number of hydrogen-bond acceptors (Lipinski definition) is 3. The SMILES string of the molecule is COC1C(C)C(NC(=O)C(C)N)C1(C)C.Cl. The summed E-state index contributed by atoms with van der Waals surface area (Å²) in [6.45, 7) is 7.99. The molecule has 0 spiro atoms. The third-order valence-corrected chi connectivity index (χ3v) is 3.50. The number of rotatable bonds is 3. The molecule has 4 nitrogen and oxygen atoms in total. The first kappa shape index (κ1) is 15.7. The molecule has 5 heteroatoms. The molecule has 1 aliphatic carbocycles. The quantitative estimate of drug-likeness (QED) is 0.783. The number of carbonyl (C=O) groups is 1. The van der Waals surface area contributed by atoms with Crippen molar-refractivity contribution in [2.75, 3.05) is 7.11 Å². The molecule has 0 aromatic heterocycles. The summed E-state index contributed by atoms with van der Waals surface area (Å²) in [7, 11) is 1.71. The fourth-order valence-electron chi connectivity index (χ4n) is 2.71. The van der Waals surface area contributed by atoms with Crippen LogP contribution in [0.5, 0.6) is 0 Å². The molecular weight excluding hydrogens is 228 g/mol. The first-order chi connectivity index (χ1) is 6.82. The second-order valence-electron chi connectivity index (χ2n) is 5.11. The second-order valence-corrected chi connectivity index (χ2v) is 5.11. The minimum Gasteiger partial charge on any atom is -0.380 e. The van der Waals surface area contributed by atoms with Gasteiger partial charge < -0.3 is 15.8 Å². The minimum absolute atomic E-state index is 0. The molecule has 1 rings (SSSR count). The highest BCUT2D eigenvalue weighted by molar-refractivity contribution is 5.85. The number of ether oxygens (including phenoxy) is 1. The highest BCUT2D eigenvalue weighted by Gasteiger charge is 2.55. The van der Waals surface area contributed by atoms with Crippen molar-refractivity contribution < 1.29 is 9.53 Å². The molecule has 1 amide bonds. The Hall–Kier alpha value is -0.320. The van der Waals surface area contributed by atoms with Crippen molar-refractivity contribution in [1.82, 2.24) is 5.32 Å². The summed E-state index contributed by atoms with van der Waals surface area (Å²) < 4.78 is 5.40. The lowest BCUT2D eigenvalue weighted by Crippen LogP contribution is -2.68. The first-order valence-electron chi connectivity index (χ1n) is 5.41. The van der Waals surface area contributed by atoms with Gasteiger partial charge in [0.05, 0.1) is 12.1 Å². The molecule has 0 aliphatic heterocycles. The van der Waals surface area contributed by atoms with Crippen molar-refractivity contribution in [2.24, 2.45) is 17.1 Å². The molecule has 4 atom stereocenters. The van der Waals surface area contributed by atoms with Crippen molar-refractivity contribution in [2.45, 2.75) is 45.9 Å². The van der Waals surface area contributed by atoms with Crippen LogP contribution in [0.1, 0.15) is 27.7 Å². The third-order valence-electron chi connectivity index (χ3n) is 3.50. The van der Waals surface area contributed by atoms with Crippen molar-refractivity contribution in [3.63, 3.8) is 0 Å². The summed E-state index contributed by atoms with van der Waals surface area (Å²) in [5.74, 6) is 0.252. The monoisotopic (exact) mass is 250 g/mol. The number of amides is 1. The molecule has 1 saturated carbocycles. The van der Waals surface area contributed by atoms with E-state index in [-0.39, 0.29) is 35.9 Å². The van der Waals surface area contributed by atoms with Crippen LogP contribution in [0, 0.1) is 11.3 Å². The predicted octanol–water partition coefficient (Wildman–Crippen LogP) is 0.931. The largest absolute Gasteiger partial charge is 0.380 e. The van der Waals surface area contributed by atoms with E-state index in [0.29, 0.717) is 5.92 Å². The van der Waals surface area contributed by atoms with E-state index in [1.54, 1.807) is 14.0 Å². The Morgan fingerprint density at radius 1 is 1.50 bits per heavy atom. The molecule has 0 saturated heterocycles. The van der Waals surface area contributed by atoms with Gasteiger partial charge in [0.15, 0.2) is 0 Å². The van der Waals surface area contributed by atoms with Gasteiger partial charge in [0.25, 0.3) is 0 Å². The van der Waals surface area contributed by atoms with Gasteiger partial charge in [0, 0.05) is 24.5 Å². The Kier molecular flexibility index (Phi) is 5.23. The maximum Gasteiger partial charge on any atom is 0.236 e. The molecule has 0 bridgehead atoms. The molecule has 0 radical (unpaired) electrons. The third kappa shape index (κ3) is 2.50. The van der Waals surface area contributed by atoms with Crippen LogP contribution in [0.4, 0.5) is 0 Å². The van der Waals surface area contributed by atoms with Crippen LogP contribution >= 0.6 is 12.4 Å². The molecule has 1 aliphatic rings. The van der Waals surface area contributed by atoms with E-state index in [2.05, 4.69) is 26.1 Å². The lowest BCUT2D eigenvalue weighted by atomic mass is 9.58. The molecular formula is C11H23ClN2O2. The van der Waals surface area contributed by atoms with E-state index >= 15 is 0 Å². The number of hydrogen-bond donors (Lipinski definition) is 2. The zero-order valence-electron chi connectivity index (χ0n) is 10.6. The Morgan fingerprint density at radius 3 is 2.31 bits per heavy atom. The average Bonchev–Trinajstić information content (AvgIpc) is 2.13. The highest BCUT2D eigenvalue weighted by Crippen LogP contribution is 2.46. The Morgan fingerprint density at radius 2 is 2.00 bits per heavy atom. The van der Waals surface area contributed by atoms with Crippen molar-refractivity contribution >= 4 is 18.3 Å². The topological polar surface area (TPSA) is 64.3 Å². The number of halogens is 1. The van der Waals surface area contributed by atoms with Gasteiger partial charge in [-0.1, -0.05) is 20.8 Å². The summed E-state index contributed by atoms with van der Waals surface area (Å²) in [4.78, 5) is 11.5. The Bertz CT molecular complexity index is 256. The number of nitrogens with one attached hydrogen (secondary N) is 1. The second kappa shape index (κ2) is 5.34. The lowest BCUT2D eigenvalue weighted by Gasteiger charge is -2.56. The van der Waals surface area contributed by atoms with E-state index < -0.39 is 6.04 Å². The first-order valence-corrected chi connectivity index (χ1v) is 5.41. The summed E-state index contributed by atoms with van der Waals surface area (Å²) in [6.07, 6.45) is 0.205. The smallest absolute Gasteiger partial charge is 0.236 e. The van der Waals surface area contributed by atoms with Gasteiger partial charge in [-0.3, -0.25) is 4.79 Å². The van der Waals surface area contributed by atoms with Gasteiger partial charge in [-0.2, -0.15) is 0 Å². The summed E-state index contributed by atoms with van der Waals surface area (Å²) in [5, 5.41) is 2.98. The highest BCUT2D eigenvalue weighted by atomic mass is 35.5. The summed E-state index contributed by atoms with van der Waals surface area (Å²) in [6, 6.07) is -0.296. The molecule has 96 valence electrons. The van der Waals surface area contributed by atoms with Gasteiger partial charge >= 0.3 is 0 Å². The number of methoxy groups -OCH3 is 1. The van der Waals surface area contributed by atoms with Gasteiger partial charge in [0.1, 0.15) is 0 Å². The van der Waals surface area contributed by atoms with Crippen LogP contribution in [0.2, 0.25) is 0 Å². The van der Waals surface area contributed by atoms with E-state index in [9.17, 15) is 4.79 Å². The molecule has 3 N–H and O–H groups in total. The number of carbonyl (C=O) groups excluding carboxylic acids is 1. The van der Waals surface area contributed by atoms with E-state index in [1.165, 1.54) is 0 Å². The van der Waals surface area contributed by atoms with E-state index in [1.807, 2.05) is 0 Å². The van der Waals surface area contributed by atoms with Crippen LogP contribution < -0.4 is 11.1 Å². The molecule has 4 unspecified atom stereocenters. The summed E-state index contributed by atoms with van der Waals surface area (Å²) >= 11 is 0. The lowest BCUT2D eigenvalue weighted by molar-refractivity contribution is -0.154. The van der Waals surface area contributed by atoms with Crippen LogP contribution in [0.3, 0.4) is 0 Å². The van der Waals surface area contributed by atoms with Gasteiger partial charge in [0.2, 0.25) is 5.91 Å². The summed E-state index contributed by atoms with van der Waals surface area (Å²) in [5.41, 5.74) is 5.51. The van der Waals surface area contributed by atoms with Crippen LogP contribution in [-0.4, -0.2) is 31.2 Å². The fourth-order valence-corrected chi connectivity index (χ4v) is 2.71. The van der Waals surface area contributed by atoms with Gasteiger partial charge in [-0.25, -0.2) is 0 Å². The molecule has 0 aromatic rings. The Labute approximate surface area is 104 Å². The van der Waals surface area contributed by atoms with Gasteiger partial charge in [-0.05, 0) is 6.92 Å². The standard InChI is InChI=1S/C11H22N2O2.ClH/c1-6-8(13-10(14)7(2)12)11(3,4)9(6)15-5;/h6-9H,12H2,1-5H3,(H,13,14);1H. The van der Waals surface area contributed by atoms with Crippen molar-refractivity contribution in [1.29, 1.82) is 0 Å². The maximum atomic E-state index is 11.5. The normalized spacial score (nSPS) is 33.2. The average molecular weight is 251 g/mol. The molecule has 16 heavy (non-hydrogen) atoms. The van der Waals surface area contributed by atoms with E-state index in [0.717, 1.165) is 0 Å². The zero-order chi connectivity index (χ0) is 11.8. The minimum atomic E-state index is -0.449. The predicted molar refractivity (Wildman–Crippen MR) is 66.6 cm³/mol. The van der Waals surface area contributed by atoms with Crippen LogP contribution in [-0.2, 0) is 9.53 Å². The Balaban J connectivity index is 0.00000225. The van der Waals surface area contributed by atoms with Crippen molar-refractivity contribution in [3.05, 3.63) is 0 Å². The van der Waals surface area contributed by atoms with Gasteiger partial charge in [-0.15, -0.1) is 12.4 Å².